The van der Waals surface area contributed by atoms with Crippen molar-refractivity contribution in [3.05, 3.63) is 18.7 Å². The molecule has 2 unspecified atom stereocenters. The number of hydrogen-bond donors (Lipinski definition) is 2. The molecule has 10 rings (SSSR count). The largest absolute Gasteiger partial charge is 0.389 e. The molecule has 98 heavy (non-hydrogen) atoms. The highest BCUT2D eigenvalue weighted by atomic mass is 32.2. The van der Waals surface area contributed by atoms with E-state index in [1.54, 1.807) is 6.20 Å². The summed E-state index contributed by atoms with van der Waals surface area (Å²) in [6, 6.07) is 1.37. The fourth-order valence-corrected chi connectivity index (χ4v) is 15.1. The fourth-order valence-electron chi connectivity index (χ4n) is 13.0. The molecule has 0 aromatic carbocycles. The van der Waals surface area contributed by atoms with E-state index in [-0.39, 0.29) is 40.2 Å². The summed E-state index contributed by atoms with van der Waals surface area (Å²) < 4.78 is 41.2. The lowest BCUT2D eigenvalue weighted by atomic mass is 10.00. The van der Waals surface area contributed by atoms with Crippen LogP contribution in [-0.2, 0) is 29.6 Å². The highest BCUT2D eigenvalue weighted by Gasteiger charge is 2.49. The van der Waals surface area contributed by atoms with Crippen LogP contribution in [0.15, 0.2) is 18.7 Å². The highest BCUT2D eigenvalue weighted by Crippen LogP contribution is 2.36. The Bertz CT molecular complexity index is 2280. The number of aliphatic hydroxyl groups excluding tert-OH is 2. The lowest BCUT2D eigenvalue weighted by molar-refractivity contribution is -0.158. The summed E-state index contributed by atoms with van der Waals surface area (Å²) in [6.45, 7) is 87.4. The Morgan fingerprint density at radius 1 is 0.418 bits per heavy atom. The van der Waals surface area contributed by atoms with Crippen molar-refractivity contribution >= 4 is 21.6 Å². The van der Waals surface area contributed by atoms with Gasteiger partial charge in [-0.25, -0.2) is 13.4 Å². The van der Waals surface area contributed by atoms with Crippen molar-refractivity contribution in [2.24, 2.45) is 0 Å². The molecule has 0 aliphatic carbocycles. The number of piperazine rings is 1. The lowest BCUT2D eigenvalue weighted by Gasteiger charge is -2.48. The van der Waals surface area contributed by atoms with Crippen molar-refractivity contribution in [2.75, 3.05) is 148 Å². The number of thioether (sulfide) groups is 1. The zero-order chi connectivity index (χ0) is 75.5. The maximum atomic E-state index is 11.1. The van der Waals surface area contributed by atoms with Gasteiger partial charge in [-0.2, -0.15) is 11.8 Å². The molecular formula is C78H161N11O7S2. The predicted molar refractivity (Wildman–Crippen MR) is 420 cm³/mol. The molecule has 10 heterocycles. The number of nitrogens with zero attached hydrogens (tertiary/aromatic N) is 11. The standard InChI is InChI=1S/C11H24N2.C11H21NO2.C9H19N.C8H17NO2S.C8H17NO2.C8H17NO.C8H17NS.C8H17N.C7H12N2/c1-9-7-13(11(3,4)5)8-10(2)12(9)6;1-10(2,3)12-6-8-9(7-12)14-11(4,5)13-8;1-9(2,3)10-7-5-4-6-8-10;1-8(2,3)9-4-6-12(10,11)7-5-9;1-8(2,3)9-4-6(10)7(11)5-9;2*1-8(2,3)9-4-6-10-7-5-9;1-8(2,3)9-6-4-5-7-9;1-7(2,3)9-5-4-8-6-9/h9-10H,7-8H2,1-6H3;8-9H,6-7H2,1-5H3;4-8H2,1-3H3;4-7H2,1-3H3;6-7,10-11H,4-5H2,1-3H3;2*4-7H2,1-3H3;4-7H2,1-3H3;4-6H,1-3H3/t;8-,9+;;;6-,7+;;;;. The number of ether oxygens (including phenoxy) is 3. The average Bonchev–Trinajstić information content (AvgIpc) is 1.62. The SMILES string of the molecule is CC(C)(C)N1CCCC1.CC(C)(C)N1CCCCC1.CC(C)(C)N1CCOCC1.CC(C)(C)N1CCS(=O)(=O)CC1.CC(C)(C)N1CCSCC1.CC(C)(C)N1C[C@@H](O)[C@@H](O)C1.CC(C)(C)n1ccnc1.CC1(C)O[C@H]2CN(C(C)(C)C)C[C@H]2O1.CC1CN(C(C)(C)C)CC(C)N1C. The molecule has 0 saturated carbocycles. The highest BCUT2D eigenvalue weighted by molar-refractivity contribution is 7.99. The summed E-state index contributed by atoms with van der Waals surface area (Å²) in [5.74, 6) is 2.91. The summed E-state index contributed by atoms with van der Waals surface area (Å²) >= 11 is 2.07. The smallest absolute Gasteiger partial charge is 0.163 e. The van der Waals surface area contributed by atoms with E-state index in [1.165, 1.54) is 96.0 Å². The molecule has 9 fully saturated rings. The molecule has 18 nitrogen and oxygen atoms in total. The van der Waals surface area contributed by atoms with Crippen molar-refractivity contribution in [1.29, 1.82) is 0 Å². The van der Waals surface area contributed by atoms with E-state index in [4.69, 9.17) is 14.2 Å². The second-order valence-electron chi connectivity index (χ2n) is 38.5. The van der Waals surface area contributed by atoms with Crippen LogP contribution < -0.4 is 0 Å². The van der Waals surface area contributed by atoms with Crippen LogP contribution in [0.2, 0.25) is 0 Å². The quantitative estimate of drug-likeness (QED) is 0.253. The fraction of sp³-hybridized carbons (Fsp3) is 0.962. The Hall–Kier alpha value is -1.05. The zero-order valence-corrected chi connectivity index (χ0v) is 71.6. The molecule has 1 aromatic heterocycles. The van der Waals surface area contributed by atoms with Gasteiger partial charge in [-0.15, -0.1) is 0 Å². The van der Waals surface area contributed by atoms with Gasteiger partial charge in [0.15, 0.2) is 15.6 Å². The second kappa shape index (κ2) is 39.5. The first-order valence-electron chi connectivity index (χ1n) is 38.1. The summed E-state index contributed by atoms with van der Waals surface area (Å²) in [6.07, 6.45) is 12.1. The number of sulfone groups is 1. The Labute approximate surface area is 610 Å². The number of aromatic nitrogens is 2. The van der Waals surface area contributed by atoms with Crippen LogP contribution in [0.4, 0.5) is 0 Å². The van der Waals surface area contributed by atoms with Gasteiger partial charge in [-0.1, -0.05) is 6.42 Å². The van der Waals surface area contributed by atoms with E-state index in [0.29, 0.717) is 77.5 Å². The van der Waals surface area contributed by atoms with Crippen molar-refractivity contribution in [1.82, 2.24) is 53.7 Å². The Morgan fingerprint density at radius 2 is 0.724 bits per heavy atom. The van der Waals surface area contributed by atoms with E-state index in [9.17, 15) is 18.6 Å². The van der Waals surface area contributed by atoms with Crippen LogP contribution in [-0.4, -0.2) is 307 Å². The summed E-state index contributed by atoms with van der Waals surface area (Å²) in [4.78, 5) is 25.9. The topological polar surface area (TPSA) is 149 Å². The zero-order valence-electron chi connectivity index (χ0n) is 70.0. The van der Waals surface area contributed by atoms with E-state index in [1.807, 2.05) is 26.4 Å². The average molecular weight is 1430 g/mol. The maximum absolute atomic E-state index is 11.1. The number of rotatable bonds is 0. The van der Waals surface area contributed by atoms with Gasteiger partial charge in [0.25, 0.3) is 0 Å². The number of fused-ring (bicyclic) bond motifs is 1. The van der Waals surface area contributed by atoms with Crippen molar-refractivity contribution in [3.63, 3.8) is 0 Å². The van der Waals surface area contributed by atoms with Crippen molar-refractivity contribution < 1.29 is 32.8 Å². The van der Waals surface area contributed by atoms with Gasteiger partial charge in [-0.3, -0.25) is 44.1 Å². The van der Waals surface area contributed by atoms with Gasteiger partial charge in [0.05, 0.1) is 43.3 Å². The Kier molecular flexibility index (Phi) is 37.5. The van der Waals surface area contributed by atoms with Gasteiger partial charge in [-0.05, 0) is 274 Å². The van der Waals surface area contributed by atoms with Crippen LogP contribution in [0.5, 0.6) is 0 Å². The van der Waals surface area contributed by atoms with E-state index in [0.717, 1.165) is 39.4 Å². The molecule has 2 N–H and O–H groups in total. The van der Waals surface area contributed by atoms with Crippen molar-refractivity contribution in [2.45, 2.75) is 339 Å². The number of piperidine rings is 1. The maximum Gasteiger partial charge on any atom is 0.163 e. The molecule has 9 saturated heterocycles. The number of likely N-dealkylation sites (tertiary alicyclic amines) is 4. The van der Waals surface area contributed by atoms with Gasteiger partial charge in [0, 0.05) is 164 Å². The van der Waals surface area contributed by atoms with Gasteiger partial charge < -0.3 is 29.0 Å². The molecule has 0 amide bonds. The van der Waals surface area contributed by atoms with Gasteiger partial charge >= 0.3 is 0 Å². The minimum atomic E-state index is -2.72. The van der Waals surface area contributed by atoms with E-state index in [2.05, 4.69) is 273 Å². The molecule has 0 spiro atoms. The summed E-state index contributed by atoms with van der Waals surface area (Å²) in [5, 5.41) is 18.5. The number of hydrogen-bond acceptors (Lipinski definition) is 18. The number of β-amino-alcohol motifs (C(OH)–C–C–N with tert-alkyl or cyclic N) is 2. The monoisotopic (exact) mass is 1430 g/mol. The number of aliphatic hydroxyl groups is 2. The number of likely N-dealkylation sites (N-methyl/N-ethyl adjacent to an activating group) is 1. The first kappa shape index (κ1) is 93.0. The third-order valence-corrected chi connectivity index (χ3v) is 23.0. The van der Waals surface area contributed by atoms with Crippen LogP contribution in [0.3, 0.4) is 0 Å². The van der Waals surface area contributed by atoms with Crippen molar-refractivity contribution in [3.8, 4) is 0 Å². The Balaban J connectivity index is 0.000000376. The summed E-state index contributed by atoms with van der Waals surface area (Å²) in [7, 11) is -0.486. The van der Waals surface area contributed by atoms with Gasteiger partial charge in [0.2, 0.25) is 0 Å². The van der Waals surface area contributed by atoms with Crippen LogP contribution >= 0.6 is 11.8 Å². The molecule has 9 aliphatic heterocycles. The Morgan fingerprint density at radius 3 is 1.00 bits per heavy atom. The molecule has 0 radical (unpaired) electrons. The molecule has 20 heteroatoms. The third kappa shape index (κ3) is 35.8. The normalized spacial score (nSPS) is 27.1. The van der Waals surface area contributed by atoms with Crippen LogP contribution in [0.25, 0.3) is 0 Å². The molecule has 6 atom stereocenters. The molecule has 0 bridgehead atoms. The first-order chi connectivity index (χ1) is 44.3. The van der Waals surface area contributed by atoms with Gasteiger partial charge in [0.1, 0.15) is 12.2 Å². The number of morpholine rings is 1. The van der Waals surface area contributed by atoms with E-state index >= 15 is 0 Å². The third-order valence-electron chi connectivity index (χ3n) is 20.4. The molecule has 582 valence electrons. The van der Waals surface area contributed by atoms with Crippen LogP contribution in [0.1, 0.15) is 247 Å². The minimum Gasteiger partial charge on any atom is -0.389 e. The molecule has 1 aromatic rings. The van der Waals surface area contributed by atoms with Crippen LogP contribution in [0, 0.1) is 0 Å². The summed E-state index contributed by atoms with van der Waals surface area (Å²) in [5.41, 5.74) is 2.41. The lowest BCUT2D eigenvalue weighted by Crippen LogP contribution is -2.59. The van der Waals surface area contributed by atoms with E-state index < -0.39 is 22.0 Å². The number of imidazole rings is 1. The first-order valence-corrected chi connectivity index (χ1v) is 41.1. The second-order valence-corrected chi connectivity index (χ2v) is 42.0. The molecular weight excluding hydrogens is 1270 g/mol. The predicted octanol–water partition coefficient (Wildman–Crippen LogP) is 12.5. The minimum absolute atomic E-state index is 0.0540. The molecule has 9 aliphatic rings.